The Balaban J connectivity index is 1.55. The second-order valence-electron chi connectivity index (χ2n) is 6.64. The van der Waals surface area contributed by atoms with Gasteiger partial charge in [-0.2, -0.15) is 5.10 Å². The van der Waals surface area contributed by atoms with Crippen molar-refractivity contribution in [2.45, 2.75) is 26.2 Å². The lowest BCUT2D eigenvalue weighted by Crippen LogP contribution is -2.22. The minimum Gasteiger partial charge on any atom is -0.369 e. The molecular weight excluding hydrogens is 352 g/mol. The Hall–Kier alpha value is -3.61. The third kappa shape index (κ3) is 5.44. The van der Waals surface area contributed by atoms with Gasteiger partial charge in [-0.15, -0.1) is 5.10 Å². The highest BCUT2D eigenvalue weighted by molar-refractivity contribution is 6.01. The van der Waals surface area contributed by atoms with Gasteiger partial charge in [-0.05, 0) is 61.6 Å². The van der Waals surface area contributed by atoms with Crippen molar-refractivity contribution in [2.75, 3.05) is 10.6 Å². The Morgan fingerprint density at radius 3 is 2.00 bits per heavy atom. The van der Waals surface area contributed by atoms with Crippen LogP contribution in [0.5, 0.6) is 0 Å². The van der Waals surface area contributed by atoms with Crippen LogP contribution in [0.1, 0.15) is 37.3 Å². The van der Waals surface area contributed by atoms with E-state index in [9.17, 15) is 4.79 Å². The number of rotatable bonds is 5. The molecule has 0 radical (unpaired) electrons. The fourth-order valence-electron chi connectivity index (χ4n) is 2.70. The lowest BCUT2D eigenvalue weighted by atomic mass is 9.91. The van der Waals surface area contributed by atoms with Crippen LogP contribution in [0.4, 0.5) is 16.2 Å². The Morgan fingerprint density at radius 2 is 1.50 bits per heavy atom. The van der Waals surface area contributed by atoms with E-state index < -0.39 is 0 Å². The largest absolute Gasteiger partial charge is 0.369 e. The number of nitrogens with two attached hydrogens (primary N) is 2. The van der Waals surface area contributed by atoms with Crippen LogP contribution >= 0.6 is 0 Å². The number of nitrogens with zero attached hydrogens (tertiary/aromatic N) is 2. The molecule has 7 heteroatoms. The highest BCUT2D eigenvalue weighted by Gasteiger charge is 2.08. The molecular formula is C21H24N6O. The Bertz CT molecular complexity index is 916. The Morgan fingerprint density at radius 1 is 0.929 bits per heavy atom. The fourth-order valence-corrected chi connectivity index (χ4v) is 2.70. The van der Waals surface area contributed by atoms with Crippen LogP contribution in [0.15, 0.2) is 64.3 Å². The van der Waals surface area contributed by atoms with E-state index in [0.717, 1.165) is 16.8 Å². The number of allylic oxidation sites excluding steroid dienone is 1. The van der Waals surface area contributed by atoms with Crippen molar-refractivity contribution in [3.05, 3.63) is 65.2 Å². The molecule has 7 nitrogen and oxygen atoms in total. The van der Waals surface area contributed by atoms with Gasteiger partial charge in [0.15, 0.2) is 0 Å². The molecule has 0 saturated heterocycles. The molecule has 0 unspecified atom stereocenters. The van der Waals surface area contributed by atoms with Gasteiger partial charge < -0.3 is 22.1 Å². The van der Waals surface area contributed by atoms with E-state index in [-0.39, 0.29) is 12.0 Å². The number of carbonyl (C=O) groups is 1. The van der Waals surface area contributed by atoms with E-state index in [1.54, 1.807) is 19.1 Å². The normalized spacial score (nSPS) is 13.3. The maximum atomic E-state index is 12.2. The first kappa shape index (κ1) is 19.2. The van der Waals surface area contributed by atoms with Gasteiger partial charge in [-0.3, -0.25) is 0 Å². The number of guanidine groups is 1. The SMILES string of the molecule is C/C(=N\N=C(N)N)c1ccc(NC(=O)Nc2ccc(C=C3CCC3)cc2)cc1. The molecule has 2 amide bonds. The number of nitrogens with one attached hydrogen (secondary N) is 2. The molecule has 1 fully saturated rings. The van der Waals surface area contributed by atoms with Crippen molar-refractivity contribution in [1.29, 1.82) is 0 Å². The second-order valence-corrected chi connectivity index (χ2v) is 6.64. The summed E-state index contributed by atoms with van der Waals surface area (Å²) in [5.41, 5.74) is 16.1. The number of urea groups is 1. The summed E-state index contributed by atoms with van der Waals surface area (Å²) >= 11 is 0. The van der Waals surface area contributed by atoms with E-state index in [1.165, 1.54) is 24.8 Å². The van der Waals surface area contributed by atoms with Crippen LogP contribution in [0, 0.1) is 0 Å². The fraction of sp³-hybridized carbons (Fsp3) is 0.190. The smallest absolute Gasteiger partial charge is 0.323 e. The number of anilines is 2. The predicted octanol–water partition coefficient (Wildman–Crippen LogP) is 3.90. The molecule has 0 heterocycles. The average molecular weight is 376 g/mol. The summed E-state index contributed by atoms with van der Waals surface area (Å²) < 4.78 is 0. The number of carbonyl (C=O) groups excluding carboxylic acids is 1. The van der Waals surface area contributed by atoms with Crippen LogP contribution in [0.25, 0.3) is 6.08 Å². The molecule has 1 aliphatic carbocycles. The molecule has 2 aromatic carbocycles. The van der Waals surface area contributed by atoms with Crippen molar-refractivity contribution in [1.82, 2.24) is 0 Å². The zero-order valence-electron chi connectivity index (χ0n) is 15.8. The van der Waals surface area contributed by atoms with Gasteiger partial charge in [0.05, 0.1) is 5.71 Å². The van der Waals surface area contributed by atoms with Crippen LogP contribution < -0.4 is 22.1 Å². The highest BCUT2D eigenvalue weighted by atomic mass is 16.2. The van der Waals surface area contributed by atoms with Gasteiger partial charge in [-0.1, -0.05) is 35.9 Å². The summed E-state index contributed by atoms with van der Waals surface area (Å²) in [6.07, 6.45) is 5.89. The standard InChI is InChI=1S/C21H24N6O/c1-14(26-27-20(22)23)17-7-11-19(12-8-17)25-21(28)24-18-9-5-16(6-10-18)13-15-3-2-4-15/h5-13H,2-4H2,1H3,(H4,22,23,27)(H2,24,25,28)/b26-14+. The van der Waals surface area contributed by atoms with Gasteiger partial charge >= 0.3 is 6.03 Å². The molecule has 0 atom stereocenters. The first-order valence-electron chi connectivity index (χ1n) is 9.11. The molecule has 0 spiro atoms. The van der Waals surface area contributed by atoms with Crippen molar-refractivity contribution in [3.63, 3.8) is 0 Å². The maximum absolute atomic E-state index is 12.2. The molecule has 0 bridgehead atoms. The minimum atomic E-state index is -0.302. The van der Waals surface area contributed by atoms with E-state index in [1.807, 2.05) is 36.4 Å². The molecule has 0 aliphatic heterocycles. The van der Waals surface area contributed by atoms with Crippen molar-refractivity contribution < 1.29 is 4.79 Å². The van der Waals surface area contributed by atoms with Gasteiger partial charge in [0.1, 0.15) is 0 Å². The molecule has 1 aliphatic rings. The summed E-state index contributed by atoms with van der Waals surface area (Å²) in [5, 5.41) is 13.2. The third-order valence-electron chi connectivity index (χ3n) is 4.41. The maximum Gasteiger partial charge on any atom is 0.323 e. The number of hydrogen-bond acceptors (Lipinski definition) is 3. The van der Waals surface area contributed by atoms with Crippen molar-refractivity contribution in [2.24, 2.45) is 21.7 Å². The molecule has 1 saturated carbocycles. The quantitative estimate of drug-likeness (QED) is 0.360. The average Bonchev–Trinajstić information content (AvgIpc) is 2.64. The zero-order valence-corrected chi connectivity index (χ0v) is 15.8. The topological polar surface area (TPSA) is 118 Å². The molecule has 0 aromatic heterocycles. The molecule has 28 heavy (non-hydrogen) atoms. The van der Waals surface area contributed by atoms with Gasteiger partial charge in [0, 0.05) is 11.4 Å². The molecule has 3 rings (SSSR count). The number of hydrogen-bond donors (Lipinski definition) is 4. The van der Waals surface area contributed by atoms with Crippen molar-refractivity contribution >= 4 is 35.2 Å². The molecule has 6 N–H and O–H groups in total. The number of amides is 2. The summed E-state index contributed by atoms with van der Waals surface area (Å²) in [4.78, 5) is 12.2. The summed E-state index contributed by atoms with van der Waals surface area (Å²) in [5.74, 6) is -0.0953. The lowest BCUT2D eigenvalue weighted by Gasteiger charge is -2.16. The van der Waals surface area contributed by atoms with Gasteiger partial charge in [-0.25, -0.2) is 4.79 Å². The Kier molecular flexibility index (Phi) is 6.06. The van der Waals surface area contributed by atoms with E-state index >= 15 is 0 Å². The van der Waals surface area contributed by atoms with E-state index in [0.29, 0.717) is 11.4 Å². The van der Waals surface area contributed by atoms with Crippen LogP contribution in [0.2, 0.25) is 0 Å². The van der Waals surface area contributed by atoms with Gasteiger partial charge in [0.2, 0.25) is 5.96 Å². The Labute approximate surface area is 164 Å². The first-order chi connectivity index (χ1) is 13.5. The minimum absolute atomic E-state index is 0.0953. The third-order valence-corrected chi connectivity index (χ3v) is 4.41. The summed E-state index contributed by atoms with van der Waals surface area (Å²) in [6.45, 7) is 1.80. The first-order valence-corrected chi connectivity index (χ1v) is 9.11. The zero-order chi connectivity index (χ0) is 19.9. The van der Waals surface area contributed by atoms with Crippen LogP contribution in [-0.2, 0) is 0 Å². The summed E-state index contributed by atoms with van der Waals surface area (Å²) in [6, 6.07) is 14.8. The van der Waals surface area contributed by atoms with Crippen LogP contribution in [-0.4, -0.2) is 17.7 Å². The number of benzene rings is 2. The lowest BCUT2D eigenvalue weighted by molar-refractivity contribution is 0.262. The van der Waals surface area contributed by atoms with Crippen molar-refractivity contribution in [3.8, 4) is 0 Å². The van der Waals surface area contributed by atoms with Crippen LogP contribution in [0.3, 0.4) is 0 Å². The molecule has 2 aromatic rings. The molecule has 144 valence electrons. The van der Waals surface area contributed by atoms with E-state index in [2.05, 4.69) is 26.9 Å². The van der Waals surface area contributed by atoms with E-state index in [4.69, 9.17) is 11.5 Å². The summed E-state index contributed by atoms with van der Waals surface area (Å²) in [7, 11) is 0. The second kappa shape index (κ2) is 8.85. The van der Waals surface area contributed by atoms with Gasteiger partial charge in [0.25, 0.3) is 0 Å². The monoisotopic (exact) mass is 376 g/mol. The highest BCUT2D eigenvalue weighted by Crippen LogP contribution is 2.27. The predicted molar refractivity (Wildman–Crippen MR) is 115 cm³/mol.